The molecule has 0 aliphatic carbocycles. The van der Waals surface area contributed by atoms with E-state index in [1.54, 1.807) is 25.1 Å². The summed E-state index contributed by atoms with van der Waals surface area (Å²) in [5, 5.41) is 3.25. The third-order valence-corrected chi connectivity index (χ3v) is 3.16. The summed E-state index contributed by atoms with van der Waals surface area (Å²) in [7, 11) is 0. The zero-order valence-electron chi connectivity index (χ0n) is 8.96. The number of amides is 1. The van der Waals surface area contributed by atoms with E-state index in [1.807, 2.05) is 6.07 Å². The van der Waals surface area contributed by atoms with Crippen LogP contribution in [0.1, 0.15) is 16.1 Å². The van der Waals surface area contributed by atoms with Gasteiger partial charge < -0.3 is 9.73 Å². The lowest BCUT2D eigenvalue weighted by Crippen LogP contribution is -2.11. The maximum absolute atomic E-state index is 11.8. The molecule has 1 heterocycles. The number of halogens is 2. The average Bonchev–Trinajstić information content (AvgIpc) is 2.69. The summed E-state index contributed by atoms with van der Waals surface area (Å²) in [5.41, 5.74) is 1.08. The molecule has 5 heteroatoms. The van der Waals surface area contributed by atoms with Crippen molar-refractivity contribution in [3.05, 3.63) is 50.4 Å². The zero-order chi connectivity index (χ0) is 12.4. The molecule has 88 valence electrons. The number of aryl methyl sites for hydroxylation is 1. The smallest absolute Gasteiger partial charge is 0.258 e. The Labute approximate surface area is 117 Å². The highest BCUT2D eigenvalue weighted by molar-refractivity contribution is 14.1. The molecule has 0 fully saturated rings. The van der Waals surface area contributed by atoms with E-state index in [0.717, 1.165) is 3.57 Å². The molecule has 17 heavy (non-hydrogen) atoms. The number of rotatable bonds is 2. The van der Waals surface area contributed by atoms with Gasteiger partial charge >= 0.3 is 0 Å². The average molecular weight is 362 g/mol. The second-order valence-corrected chi connectivity index (χ2v) is 5.18. The Morgan fingerprint density at radius 3 is 2.76 bits per heavy atom. The quantitative estimate of drug-likeness (QED) is 0.818. The van der Waals surface area contributed by atoms with Crippen molar-refractivity contribution in [1.82, 2.24) is 0 Å². The van der Waals surface area contributed by atoms with Gasteiger partial charge in [0, 0.05) is 3.57 Å². The van der Waals surface area contributed by atoms with Crippen LogP contribution in [0.25, 0.3) is 0 Å². The maximum atomic E-state index is 11.8. The Kier molecular flexibility index (Phi) is 3.73. The van der Waals surface area contributed by atoms with Crippen LogP contribution in [-0.4, -0.2) is 5.91 Å². The molecule has 0 saturated heterocycles. The summed E-state index contributed by atoms with van der Waals surface area (Å²) >= 11 is 8.18. The molecule has 0 bridgehead atoms. The fourth-order valence-electron chi connectivity index (χ4n) is 1.35. The first-order chi connectivity index (χ1) is 8.06. The van der Waals surface area contributed by atoms with Crippen LogP contribution in [0.4, 0.5) is 5.69 Å². The van der Waals surface area contributed by atoms with E-state index in [-0.39, 0.29) is 5.91 Å². The molecule has 0 unspecified atom stereocenters. The summed E-state index contributed by atoms with van der Waals surface area (Å²) in [4.78, 5) is 11.8. The van der Waals surface area contributed by atoms with Crippen LogP contribution in [0.2, 0.25) is 5.02 Å². The summed E-state index contributed by atoms with van der Waals surface area (Å²) in [6.07, 6.45) is 1.42. The van der Waals surface area contributed by atoms with Gasteiger partial charge in [0.15, 0.2) is 0 Å². The maximum Gasteiger partial charge on any atom is 0.258 e. The number of benzene rings is 1. The predicted molar refractivity (Wildman–Crippen MR) is 75.6 cm³/mol. The van der Waals surface area contributed by atoms with Crippen LogP contribution in [0, 0.1) is 10.5 Å². The molecule has 0 atom stereocenters. The van der Waals surface area contributed by atoms with Crippen LogP contribution >= 0.6 is 34.2 Å². The number of furan rings is 1. The second kappa shape index (κ2) is 5.10. The molecule has 0 aliphatic heterocycles. The first-order valence-electron chi connectivity index (χ1n) is 4.88. The van der Waals surface area contributed by atoms with Crippen molar-refractivity contribution in [3.63, 3.8) is 0 Å². The Balaban J connectivity index is 2.18. The number of carbonyl (C=O) groups is 1. The van der Waals surface area contributed by atoms with E-state index in [1.165, 1.54) is 6.26 Å². The molecular formula is C12H9ClINO2. The molecule has 1 aromatic carbocycles. The topological polar surface area (TPSA) is 42.2 Å². The summed E-state index contributed by atoms with van der Waals surface area (Å²) in [6.45, 7) is 1.79. The SMILES string of the molecule is Cc1cc(C(=O)Nc2ccc(I)cc2Cl)co1. The normalized spacial score (nSPS) is 10.3. The predicted octanol–water partition coefficient (Wildman–Crippen LogP) is 4.10. The molecule has 0 saturated carbocycles. The second-order valence-electron chi connectivity index (χ2n) is 3.52. The Morgan fingerprint density at radius 1 is 1.41 bits per heavy atom. The van der Waals surface area contributed by atoms with Crippen molar-refractivity contribution in [1.29, 1.82) is 0 Å². The molecule has 2 aromatic rings. The number of carbonyl (C=O) groups excluding carboxylic acids is 1. The van der Waals surface area contributed by atoms with Gasteiger partial charge in [0.05, 0.1) is 16.3 Å². The lowest BCUT2D eigenvalue weighted by atomic mass is 10.2. The van der Waals surface area contributed by atoms with Crippen molar-refractivity contribution in [2.24, 2.45) is 0 Å². The minimum Gasteiger partial charge on any atom is -0.469 e. The van der Waals surface area contributed by atoms with Gasteiger partial charge in [-0.05, 0) is 53.8 Å². The monoisotopic (exact) mass is 361 g/mol. The molecule has 1 amide bonds. The molecule has 0 radical (unpaired) electrons. The Morgan fingerprint density at radius 2 is 2.18 bits per heavy atom. The minimum atomic E-state index is -0.232. The minimum absolute atomic E-state index is 0.232. The molecular weight excluding hydrogens is 352 g/mol. The first kappa shape index (κ1) is 12.4. The first-order valence-corrected chi connectivity index (χ1v) is 6.33. The summed E-state index contributed by atoms with van der Waals surface area (Å²) in [6, 6.07) is 7.12. The highest BCUT2D eigenvalue weighted by Crippen LogP contribution is 2.24. The van der Waals surface area contributed by atoms with Crippen molar-refractivity contribution < 1.29 is 9.21 Å². The molecule has 0 spiro atoms. The van der Waals surface area contributed by atoms with E-state index >= 15 is 0 Å². The van der Waals surface area contributed by atoms with Gasteiger partial charge in [-0.1, -0.05) is 11.6 Å². The lowest BCUT2D eigenvalue weighted by molar-refractivity contribution is 0.102. The molecule has 2 rings (SSSR count). The fourth-order valence-corrected chi connectivity index (χ4v) is 2.25. The van der Waals surface area contributed by atoms with Crippen LogP contribution in [-0.2, 0) is 0 Å². The lowest BCUT2D eigenvalue weighted by Gasteiger charge is -2.05. The van der Waals surface area contributed by atoms with Crippen LogP contribution in [0.3, 0.4) is 0 Å². The van der Waals surface area contributed by atoms with Gasteiger partial charge in [0.2, 0.25) is 0 Å². The number of anilines is 1. The van der Waals surface area contributed by atoms with E-state index in [9.17, 15) is 4.79 Å². The van der Waals surface area contributed by atoms with Crippen LogP contribution in [0.15, 0.2) is 34.9 Å². The molecule has 3 nitrogen and oxygen atoms in total. The third-order valence-electron chi connectivity index (χ3n) is 2.17. The van der Waals surface area contributed by atoms with Crippen LogP contribution in [0.5, 0.6) is 0 Å². The number of hydrogen-bond acceptors (Lipinski definition) is 2. The molecule has 1 N–H and O–H groups in total. The third kappa shape index (κ3) is 3.01. The standard InChI is InChI=1S/C12H9ClINO2/c1-7-4-8(6-17-7)12(16)15-11-3-2-9(14)5-10(11)13/h2-6H,1H3,(H,15,16). The number of hydrogen-bond donors (Lipinski definition) is 1. The van der Waals surface area contributed by atoms with Gasteiger partial charge in [-0.25, -0.2) is 0 Å². The largest absolute Gasteiger partial charge is 0.469 e. The van der Waals surface area contributed by atoms with Gasteiger partial charge in [-0.15, -0.1) is 0 Å². The van der Waals surface area contributed by atoms with E-state index in [2.05, 4.69) is 27.9 Å². The van der Waals surface area contributed by atoms with Gasteiger partial charge in [0.25, 0.3) is 5.91 Å². The van der Waals surface area contributed by atoms with E-state index < -0.39 is 0 Å². The Bertz CT molecular complexity index is 565. The van der Waals surface area contributed by atoms with Crippen molar-refractivity contribution in [2.45, 2.75) is 6.92 Å². The van der Waals surface area contributed by atoms with Gasteiger partial charge in [0.1, 0.15) is 12.0 Å². The molecule has 1 aromatic heterocycles. The van der Waals surface area contributed by atoms with Gasteiger partial charge in [-0.3, -0.25) is 4.79 Å². The van der Waals surface area contributed by atoms with E-state index in [0.29, 0.717) is 22.0 Å². The Hall–Kier alpha value is -1.01. The van der Waals surface area contributed by atoms with Crippen molar-refractivity contribution >= 4 is 45.8 Å². The summed E-state index contributed by atoms with van der Waals surface area (Å²) < 4.78 is 6.10. The highest BCUT2D eigenvalue weighted by atomic mass is 127. The van der Waals surface area contributed by atoms with Crippen LogP contribution < -0.4 is 5.32 Å². The molecule has 0 aliphatic rings. The van der Waals surface area contributed by atoms with Gasteiger partial charge in [-0.2, -0.15) is 0 Å². The fraction of sp³-hybridized carbons (Fsp3) is 0.0833. The summed E-state index contributed by atoms with van der Waals surface area (Å²) in [5.74, 6) is 0.466. The zero-order valence-corrected chi connectivity index (χ0v) is 11.9. The van der Waals surface area contributed by atoms with Crippen molar-refractivity contribution in [2.75, 3.05) is 5.32 Å². The number of nitrogens with one attached hydrogen (secondary N) is 1. The highest BCUT2D eigenvalue weighted by Gasteiger charge is 2.10. The van der Waals surface area contributed by atoms with E-state index in [4.69, 9.17) is 16.0 Å². The van der Waals surface area contributed by atoms with Crippen molar-refractivity contribution in [3.8, 4) is 0 Å².